The zero-order valence-corrected chi connectivity index (χ0v) is 17.8. The van der Waals surface area contributed by atoms with Gasteiger partial charge >= 0.3 is 0 Å². The van der Waals surface area contributed by atoms with Crippen molar-refractivity contribution in [2.45, 2.75) is 20.3 Å². The summed E-state index contributed by atoms with van der Waals surface area (Å²) in [6.07, 6.45) is 0.888. The predicted octanol–water partition coefficient (Wildman–Crippen LogP) is 4.96. The average molecular weight is 412 g/mol. The number of nitrogens with zero attached hydrogens (tertiary/aromatic N) is 1. The van der Waals surface area contributed by atoms with Crippen molar-refractivity contribution in [1.29, 1.82) is 0 Å². The second-order valence-electron chi connectivity index (χ2n) is 7.44. The smallest absolute Gasteiger partial charge is 0.282 e. The number of rotatable bonds is 6. The molecule has 156 valence electrons. The maximum Gasteiger partial charge on any atom is 0.282 e. The molecule has 4 rings (SSSR count). The number of imide groups is 1. The van der Waals surface area contributed by atoms with E-state index in [2.05, 4.69) is 12.2 Å². The van der Waals surface area contributed by atoms with Crippen LogP contribution in [-0.2, 0) is 16.0 Å². The molecule has 0 spiro atoms. The maximum absolute atomic E-state index is 13.4. The van der Waals surface area contributed by atoms with Crippen molar-refractivity contribution in [1.82, 2.24) is 0 Å². The molecule has 1 N–H and O–H groups in total. The fourth-order valence-corrected chi connectivity index (χ4v) is 3.57. The summed E-state index contributed by atoms with van der Waals surface area (Å²) in [5, 5.41) is 3.17. The Balaban J connectivity index is 1.77. The Morgan fingerprint density at radius 2 is 1.48 bits per heavy atom. The summed E-state index contributed by atoms with van der Waals surface area (Å²) in [6.45, 7) is 4.05. The Morgan fingerprint density at radius 3 is 2.06 bits per heavy atom. The van der Waals surface area contributed by atoms with E-state index in [0.29, 0.717) is 28.3 Å². The molecule has 0 atom stereocenters. The van der Waals surface area contributed by atoms with Crippen molar-refractivity contribution < 1.29 is 14.3 Å². The van der Waals surface area contributed by atoms with Gasteiger partial charge in [-0.3, -0.25) is 9.59 Å². The number of benzene rings is 3. The first-order valence-corrected chi connectivity index (χ1v) is 10.2. The van der Waals surface area contributed by atoms with E-state index < -0.39 is 0 Å². The van der Waals surface area contributed by atoms with Crippen molar-refractivity contribution >= 4 is 28.8 Å². The molecule has 0 saturated carbocycles. The van der Waals surface area contributed by atoms with Crippen LogP contribution < -0.4 is 15.0 Å². The van der Waals surface area contributed by atoms with Crippen molar-refractivity contribution in [3.05, 3.63) is 95.2 Å². The van der Waals surface area contributed by atoms with Gasteiger partial charge < -0.3 is 10.1 Å². The number of carbonyl (C=O) groups excluding carboxylic acids is 2. The minimum Gasteiger partial charge on any atom is -0.497 e. The lowest BCUT2D eigenvalue weighted by atomic mass is 10.0. The number of amides is 2. The number of nitrogens with one attached hydrogen (secondary N) is 1. The van der Waals surface area contributed by atoms with Gasteiger partial charge in [0, 0.05) is 5.69 Å². The Hall–Kier alpha value is -3.86. The van der Waals surface area contributed by atoms with Gasteiger partial charge in [-0.05, 0) is 60.9 Å². The molecular weight excluding hydrogens is 388 g/mol. The molecule has 0 aromatic heterocycles. The number of hydrogen-bond donors (Lipinski definition) is 1. The SMILES string of the molecule is CCc1ccc(N2C(=O)C(Nc3ccc(OC)cc3)=C(c3ccc(C)cc3)C2=O)cc1. The molecule has 5 heteroatoms. The van der Waals surface area contributed by atoms with Crippen LogP contribution >= 0.6 is 0 Å². The van der Waals surface area contributed by atoms with Gasteiger partial charge in [-0.15, -0.1) is 0 Å². The minimum atomic E-state index is -0.374. The molecule has 0 bridgehead atoms. The second-order valence-corrected chi connectivity index (χ2v) is 7.44. The fourth-order valence-electron chi connectivity index (χ4n) is 3.57. The molecule has 1 aliphatic rings. The van der Waals surface area contributed by atoms with Crippen molar-refractivity contribution in [3.8, 4) is 5.75 Å². The summed E-state index contributed by atoms with van der Waals surface area (Å²) in [7, 11) is 1.60. The highest BCUT2D eigenvalue weighted by Gasteiger charge is 2.40. The van der Waals surface area contributed by atoms with E-state index in [0.717, 1.165) is 17.5 Å². The zero-order valence-electron chi connectivity index (χ0n) is 17.8. The van der Waals surface area contributed by atoms with Crippen LogP contribution in [0.2, 0.25) is 0 Å². The zero-order chi connectivity index (χ0) is 22.0. The minimum absolute atomic E-state index is 0.263. The molecule has 3 aromatic rings. The first-order chi connectivity index (χ1) is 15.0. The van der Waals surface area contributed by atoms with Gasteiger partial charge in [0.25, 0.3) is 11.8 Å². The molecule has 1 heterocycles. The van der Waals surface area contributed by atoms with Gasteiger partial charge in [0.05, 0.1) is 18.4 Å². The third-order valence-electron chi connectivity index (χ3n) is 5.39. The highest BCUT2D eigenvalue weighted by Crippen LogP contribution is 2.34. The number of anilines is 2. The number of carbonyl (C=O) groups is 2. The molecule has 5 nitrogen and oxygen atoms in total. The predicted molar refractivity (Wildman–Crippen MR) is 123 cm³/mol. The summed E-state index contributed by atoms with van der Waals surface area (Å²) in [4.78, 5) is 28.1. The standard InChI is InChI=1S/C26H24N2O3/c1-4-18-7-13-21(14-8-18)28-25(29)23(19-9-5-17(2)6-10-19)24(26(28)30)27-20-11-15-22(31-3)16-12-20/h5-16,27H,4H2,1-3H3. The molecule has 0 saturated heterocycles. The van der Waals surface area contributed by atoms with E-state index in [1.54, 1.807) is 19.2 Å². The topological polar surface area (TPSA) is 58.6 Å². The molecule has 0 fully saturated rings. The molecule has 31 heavy (non-hydrogen) atoms. The quantitative estimate of drug-likeness (QED) is 0.581. The fraction of sp³-hybridized carbons (Fsp3) is 0.154. The van der Waals surface area contributed by atoms with E-state index >= 15 is 0 Å². The molecule has 2 amide bonds. The number of ether oxygens (including phenoxy) is 1. The lowest BCUT2D eigenvalue weighted by molar-refractivity contribution is -0.120. The molecule has 0 unspecified atom stereocenters. The summed E-state index contributed by atoms with van der Waals surface area (Å²) in [5.41, 5.74) is 4.81. The number of aryl methyl sites for hydroxylation is 2. The maximum atomic E-state index is 13.4. The van der Waals surface area contributed by atoms with Gasteiger partial charge in [0.2, 0.25) is 0 Å². The third kappa shape index (κ3) is 3.94. The lowest BCUT2D eigenvalue weighted by Gasteiger charge is -2.16. The molecule has 3 aromatic carbocycles. The van der Waals surface area contributed by atoms with Crippen molar-refractivity contribution in [2.24, 2.45) is 0 Å². The average Bonchev–Trinajstić information content (AvgIpc) is 3.04. The van der Waals surface area contributed by atoms with Crippen LogP contribution in [0.25, 0.3) is 5.57 Å². The van der Waals surface area contributed by atoms with Crippen LogP contribution in [0.4, 0.5) is 11.4 Å². The summed E-state index contributed by atoms with van der Waals surface area (Å²) < 4.78 is 5.20. The van der Waals surface area contributed by atoms with Crippen LogP contribution in [0.1, 0.15) is 23.6 Å². The van der Waals surface area contributed by atoms with Crippen LogP contribution in [0, 0.1) is 6.92 Å². The van der Waals surface area contributed by atoms with E-state index in [1.165, 1.54) is 4.90 Å². The van der Waals surface area contributed by atoms with Gasteiger partial charge in [-0.1, -0.05) is 48.9 Å². The second kappa shape index (κ2) is 8.48. The van der Waals surface area contributed by atoms with Crippen LogP contribution in [0.15, 0.2) is 78.5 Å². The van der Waals surface area contributed by atoms with Gasteiger partial charge in [0.15, 0.2) is 0 Å². The van der Waals surface area contributed by atoms with E-state index in [1.807, 2.05) is 67.6 Å². The van der Waals surface area contributed by atoms with Gasteiger partial charge in [-0.2, -0.15) is 0 Å². The van der Waals surface area contributed by atoms with Gasteiger partial charge in [-0.25, -0.2) is 4.90 Å². The first kappa shape index (κ1) is 20.4. The number of hydrogen-bond acceptors (Lipinski definition) is 4. The Morgan fingerprint density at radius 1 is 0.839 bits per heavy atom. The molecule has 0 aliphatic carbocycles. The van der Waals surface area contributed by atoms with Crippen molar-refractivity contribution in [2.75, 3.05) is 17.3 Å². The van der Waals surface area contributed by atoms with Crippen LogP contribution in [0.5, 0.6) is 5.75 Å². The molecular formula is C26H24N2O3. The van der Waals surface area contributed by atoms with Crippen LogP contribution in [0.3, 0.4) is 0 Å². The van der Waals surface area contributed by atoms with E-state index in [-0.39, 0.29) is 17.5 Å². The summed E-state index contributed by atoms with van der Waals surface area (Å²) in [5.74, 6) is -0.000456. The Labute approximate surface area is 182 Å². The van der Waals surface area contributed by atoms with Gasteiger partial charge in [0.1, 0.15) is 11.4 Å². The normalized spacial score (nSPS) is 13.7. The van der Waals surface area contributed by atoms with E-state index in [4.69, 9.17) is 4.74 Å². The first-order valence-electron chi connectivity index (χ1n) is 10.2. The summed E-state index contributed by atoms with van der Waals surface area (Å²) >= 11 is 0. The van der Waals surface area contributed by atoms with Crippen LogP contribution in [-0.4, -0.2) is 18.9 Å². The monoisotopic (exact) mass is 412 g/mol. The molecule has 0 radical (unpaired) electrons. The largest absolute Gasteiger partial charge is 0.497 e. The summed E-state index contributed by atoms with van der Waals surface area (Å²) in [6, 6.07) is 22.4. The van der Waals surface area contributed by atoms with Crippen molar-refractivity contribution in [3.63, 3.8) is 0 Å². The highest BCUT2D eigenvalue weighted by molar-refractivity contribution is 6.46. The Kier molecular flexibility index (Phi) is 5.58. The number of methoxy groups -OCH3 is 1. The lowest BCUT2D eigenvalue weighted by Crippen LogP contribution is -2.32. The molecule has 1 aliphatic heterocycles. The Bertz CT molecular complexity index is 1140. The third-order valence-corrected chi connectivity index (χ3v) is 5.39. The highest BCUT2D eigenvalue weighted by atomic mass is 16.5. The van der Waals surface area contributed by atoms with E-state index in [9.17, 15) is 9.59 Å².